The van der Waals surface area contributed by atoms with Crippen molar-refractivity contribution in [3.05, 3.63) is 35.4 Å². The molecule has 0 radical (unpaired) electrons. The molecule has 0 aromatic carbocycles. The van der Waals surface area contributed by atoms with Gasteiger partial charge in [0.2, 0.25) is 0 Å². The van der Waals surface area contributed by atoms with Gasteiger partial charge in [0.25, 0.3) is 5.88 Å². The zero-order chi connectivity index (χ0) is 24.5. The lowest BCUT2D eigenvalue weighted by Gasteiger charge is -2.31. The molecule has 8 nitrogen and oxygen atoms in total. The Morgan fingerprint density at radius 1 is 1.20 bits per heavy atom. The highest BCUT2D eigenvalue weighted by Gasteiger charge is 2.21. The van der Waals surface area contributed by atoms with Gasteiger partial charge in [-0.2, -0.15) is 0 Å². The Kier molecular flexibility index (Phi) is 6.82. The van der Waals surface area contributed by atoms with Crippen LogP contribution in [0.5, 0.6) is 11.6 Å². The molecule has 1 aliphatic heterocycles. The summed E-state index contributed by atoms with van der Waals surface area (Å²) in [4.78, 5) is 14.7. The van der Waals surface area contributed by atoms with Gasteiger partial charge in [0, 0.05) is 29.8 Å². The minimum atomic E-state index is -0.549. The molecule has 4 aromatic heterocycles. The minimum Gasteiger partial charge on any atom is -0.491 e. The van der Waals surface area contributed by atoms with Crippen molar-refractivity contribution in [3.63, 3.8) is 0 Å². The van der Waals surface area contributed by atoms with Crippen LogP contribution in [0, 0.1) is 11.7 Å². The third-order valence-corrected chi connectivity index (χ3v) is 7.34. The molecule has 0 unspecified atom stereocenters. The number of nitrogens with one attached hydrogen (secondary N) is 1. The van der Waals surface area contributed by atoms with E-state index in [1.807, 2.05) is 12.1 Å². The number of methoxy groups -OCH3 is 2. The predicted octanol–water partition coefficient (Wildman–Crippen LogP) is 4.45. The standard InChI is InChI=1S/C25H30ClFN6O2/c1-34-21-11-20-23(31-25(21)35-2)17(19-10-16-22(26)18(27)13-29-24(16)30-19)14-33(20)7-3-6-32-8-4-15(12-28)5-9-32/h10-11,13-15H,3-9,12,28H2,1-2H3,(H,29,30). The zero-order valence-corrected chi connectivity index (χ0v) is 20.7. The second-order valence-corrected chi connectivity index (χ2v) is 9.42. The Hall–Kier alpha value is -2.88. The molecule has 3 N–H and O–H groups in total. The average molecular weight is 501 g/mol. The van der Waals surface area contributed by atoms with Crippen LogP contribution in [0.2, 0.25) is 5.02 Å². The van der Waals surface area contributed by atoms with Crippen LogP contribution in [-0.4, -0.2) is 64.8 Å². The van der Waals surface area contributed by atoms with Crippen molar-refractivity contribution in [2.45, 2.75) is 25.8 Å². The molecule has 186 valence electrons. The largest absolute Gasteiger partial charge is 0.491 e. The van der Waals surface area contributed by atoms with Gasteiger partial charge in [-0.25, -0.2) is 14.4 Å². The van der Waals surface area contributed by atoms with E-state index < -0.39 is 5.82 Å². The van der Waals surface area contributed by atoms with Crippen molar-refractivity contribution >= 4 is 33.7 Å². The monoisotopic (exact) mass is 500 g/mol. The number of likely N-dealkylation sites (tertiary alicyclic amines) is 1. The molecule has 5 heterocycles. The van der Waals surface area contributed by atoms with Crippen molar-refractivity contribution in [1.82, 2.24) is 24.4 Å². The summed E-state index contributed by atoms with van der Waals surface area (Å²) in [7, 11) is 3.17. The van der Waals surface area contributed by atoms with Gasteiger partial charge in [-0.05, 0) is 57.4 Å². The number of aromatic amines is 1. The number of aryl methyl sites for hydroxylation is 1. The number of rotatable bonds is 8. The number of piperidine rings is 1. The van der Waals surface area contributed by atoms with E-state index >= 15 is 0 Å². The number of fused-ring (bicyclic) bond motifs is 2. The minimum absolute atomic E-state index is 0.0480. The van der Waals surface area contributed by atoms with E-state index in [1.54, 1.807) is 14.2 Å². The van der Waals surface area contributed by atoms with Crippen LogP contribution in [-0.2, 0) is 6.54 Å². The van der Waals surface area contributed by atoms with Crippen molar-refractivity contribution < 1.29 is 13.9 Å². The molecule has 35 heavy (non-hydrogen) atoms. The molecule has 1 saturated heterocycles. The maximum Gasteiger partial charge on any atom is 0.257 e. The van der Waals surface area contributed by atoms with Gasteiger partial charge in [0.15, 0.2) is 11.6 Å². The van der Waals surface area contributed by atoms with E-state index in [1.165, 1.54) is 12.8 Å². The third kappa shape index (κ3) is 4.55. The molecular weight excluding hydrogens is 471 g/mol. The van der Waals surface area contributed by atoms with Crippen LogP contribution < -0.4 is 15.2 Å². The molecule has 1 aliphatic rings. The van der Waals surface area contributed by atoms with E-state index in [2.05, 4.69) is 25.6 Å². The Morgan fingerprint density at radius 2 is 2.00 bits per heavy atom. The topological polar surface area (TPSA) is 94.2 Å². The van der Waals surface area contributed by atoms with Crippen molar-refractivity contribution in [2.75, 3.05) is 40.4 Å². The molecule has 0 aliphatic carbocycles. The first kappa shape index (κ1) is 23.8. The van der Waals surface area contributed by atoms with E-state index in [4.69, 9.17) is 31.8 Å². The normalized spacial score (nSPS) is 15.3. The van der Waals surface area contributed by atoms with Crippen molar-refractivity contribution in [2.24, 2.45) is 11.7 Å². The second kappa shape index (κ2) is 10.0. The van der Waals surface area contributed by atoms with Gasteiger partial charge >= 0.3 is 0 Å². The number of ether oxygens (including phenoxy) is 2. The molecule has 10 heteroatoms. The van der Waals surface area contributed by atoms with Gasteiger partial charge in [0.1, 0.15) is 11.2 Å². The summed E-state index contributed by atoms with van der Waals surface area (Å²) in [5.41, 5.74) is 9.66. The Balaban J connectivity index is 1.48. The summed E-state index contributed by atoms with van der Waals surface area (Å²) in [5.74, 6) is 1.08. The summed E-state index contributed by atoms with van der Waals surface area (Å²) in [6.45, 7) is 4.83. The smallest absolute Gasteiger partial charge is 0.257 e. The first-order chi connectivity index (χ1) is 17.0. The van der Waals surface area contributed by atoms with E-state index in [0.29, 0.717) is 28.6 Å². The van der Waals surface area contributed by atoms with Crippen LogP contribution in [0.4, 0.5) is 4.39 Å². The summed E-state index contributed by atoms with van der Waals surface area (Å²) in [6, 6.07) is 3.76. The van der Waals surface area contributed by atoms with Gasteiger partial charge in [0.05, 0.1) is 36.6 Å². The fourth-order valence-electron chi connectivity index (χ4n) is 4.92. The molecule has 0 bridgehead atoms. The number of nitrogens with zero attached hydrogens (tertiary/aromatic N) is 4. The molecule has 1 fully saturated rings. The van der Waals surface area contributed by atoms with E-state index in [-0.39, 0.29) is 5.02 Å². The van der Waals surface area contributed by atoms with E-state index in [0.717, 1.165) is 67.6 Å². The third-order valence-electron chi connectivity index (χ3n) is 6.95. The Labute approximate surface area is 208 Å². The van der Waals surface area contributed by atoms with Crippen LogP contribution >= 0.6 is 11.6 Å². The van der Waals surface area contributed by atoms with Gasteiger partial charge in [-0.3, -0.25) is 0 Å². The highest BCUT2D eigenvalue weighted by atomic mass is 35.5. The zero-order valence-electron chi connectivity index (χ0n) is 20.0. The number of H-pyrrole nitrogens is 1. The lowest BCUT2D eigenvalue weighted by molar-refractivity contribution is 0.183. The number of nitrogens with two attached hydrogens (primary N) is 1. The second-order valence-electron chi connectivity index (χ2n) is 9.04. The van der Waals surface area contributed by atoms with Gasteiger partial charge < -0.3 is 29.7 Å². The van der Waals surface area contributed by atoms with Gasteiger partial charge in [-0.15, -0.1) is 0 Å². The van der Waals surface area contributed by atoms with E-state index in [9.17, 15) is 4.39 Å². The number of pyridine rings is 2. The Bertz CT molecular complexity index is 1350. The number of aromatic nitrogens is 4. The molecule has 0 atom stereocenters. The highest BCUT2D eigenvalue weighted by molar-refractivity contribution is 6.35. The SMILES string of the molecule is COc1cc2c(nc1OC)c(-c1cc3c(Cl)c(F)cnc3[nH]1)cn2CCCN1CCC(CN)CC1. The fourth-order valence-corrected chi connectivity index (χ4v) is 5.11. The lowest BCUT2D eigenvalue weighted by Crippen LogP contribution is -2.36. The highest BCUT2D eigenvalue weighted by Crippen LogP contribution is 2.37. The summed E-state index contributed by atoms with van der Waals surface area (Å²) < 4.78 is 27.1. The lowest BCUT2D eigenvalue weighted by atomic mass is 9.97. The first-order valence-electron chi connectivity index (χ1n) is 11.9. The van der Waals surface area contributed by atoms with Crippen LogP contribution in [0.25, 0.3) is 33.3 Å². The molecule has 5 rings (SSSR count). The van der Waals surface area contributed by atoms with Crippen LogP contribution in [0.1, 0.15) is 19.3 Å². The molecular formula is C25H30ClFN6O2. The first-order valence-corrected chi connectivity index (χ1v) is 12.3. The molecule has 0 amide bonds. The number of hydrogen-bond acceptors (Lipinski definition) is 6. The maximum absolute atomic E-state index is 14.0. The van der Waals surface area contributed by atoms with Crippen molar-refractivity contribution in [3.8, 4) is 22.9 Å². The van der Waals surface area contributed by atoms with Crippen molar-refractivity contribution in [1.29, 1.82) is 0 Å². The molecule has 0 spiro atoms. The fraction of sp³-hybridized carbons (Fsp3) is 0.440. The predicted molar refractivity (Wildman–Crippen MR) is 136 cm³/mol. The average Bonchev–Trinajstić information content (AvgIpc) is 3.47. The van der Waals surface area contributed by atoms with Gasteiger partial charge in [-0.1, -0.05) is 11.6 Å². The summed E-state index contributed by atoms with van der Waals surface area (Å²) in [6.07, 6.45) is 6.52. The maximum atomic E-state index is 14.0. The van der Waals surface area contributed by atoms with Crippen LogP contribution in [0.15, 0.2) is 24.5 Å². The summed E-state index contributed by atoms with van der Waals surface area (Å²) >= 11 is 6.19. The molecule has 0 saturated carbocycles. The Morgan fingerprint density at radius 3 is 2.71 bits per heavy atom. The number of hydrogen-bond donors (Lipinski definition) is 2. The summed E-state index contributed by atoms with van der Waals surface area (Å²) in [5, 5.41) is 0.579. The number of halogens is 2. The molecule has 4 aromatic rings. The van der Waals surface area contributed by atoms with Crippen LogP contribution in [0.3, 0.4) is 0 Å². The quantitative estimate of drug-likeness (QED) is 0.371.